The van der Waals surface area contributed by atoms with Gasteiger partial charge < -0.3 is 20.4 Å². The normalized spacial score (nSPS) is 13.8. The molecule has 4 aromatic rings. The van der Waals surface area contributed by atoms with Gasteiger partial charge >= 0.3 is 0 Å². The zero-order valence-electron chi connectivity index (χ0n) is 18.9. The van der Waals surface area contributed by atoms with Gasteiger partial charge in [0.05, 0.1) is 0 Å². The van der Waals surface area contributed by atoms with Crippen LogP contribution in [-0.2, 0) is 4.79 Å². The summed E-state index contributed by atoms with van der Waals surface area (Å²) in [5.74, 6) is 1.76. The van der Waals surface area contributed by atoms with E-state index < -0.39 is 0 Å². The van der Waals surface area contributed by atoms with Crippen LogP contribution in [0.25, 0.3) is 5.52 Å². The minimum absolute atomic E-state index is 0.0351. The fourth-order valence-electron chi connectivity index (χ4n) is 3.94. The number of rotatable bonds is 5. The highest BCUT2D eigenvalue weighted by atomic mass is 16.2. The number of anilines is 4. The van der Waals surface area contributed by atoms with Crippen molar-refractivity contribution >= 4 is 40.6 Å². The average Bonchev–Trinajstić information content (AvgIpc) is 3.47. The van der Waals surface area contributed by atoms with Crippen LogP contribution in [0, 0.1) is 6.92 Å². The number of H-pyrrole nitrogens is 1. The number of fused-ring (bicyclic) bond motifs is 1. The number of hydrogen-bond acceptors (Lipinski definition) is 7. The first-order chi connectivity index (χ1) is 16.5. The second kappa shape index (κ2) is 8.85. The van der Waals surface area contributed by atoms with E-state index in [4.69, 9.17) is 4.98 Å². The highest BCUT2D eigenvalue weighted by molar-refractivity contribution is 5.95. The third kappa shape index (κ3) is 4.40. The highest BCUT2D eigenvalue weighted by Gasteiger charge is 2.24. The summed E-state index contributed by atoms with van der Waals surface area (Å²) in [6, 6.07) is 12.7. The minimum atomic E-state index is -0.145. The molecule has 11 nitrogen and oxygen atoms in total. The number of carbonyl (C=O) groups excluding carboxylic acids is 2. The number of amides is 2. The van der Waals surface area contributed by atoms with Gasteiger partial charge in [-0.05, 0) is 43.3 Å². The predicted octanol–water partition coefficient (Wildman–Crippen LogP) is 2.43. The second-order valence-corrected chi connectivity index (χ2v) is 8.20. The van der Waals surface area contributed by atoms with Crippen LogP contribution in [0.2, 0.25) is 0 Å². The third-order valence-electron chi connectivity index (χ3n) is 5.63. The van der Waals surface area contributed by atoms with Crippen molar-refractivity contribution in [1.82, 2.24) is 29.7 Å². The molecule has 1 aliphatic heterocycles. The largest absolute Gasteiger partial charge is 0.336 e. The van der Waals surface area contributed by atoms with Gasteiger partial charge in [0.15, 0.2) is 11.6 Å². The van der Waals surface area contributed by atoms with Crippen LogP contribution in [0.1, 0.15) is 23.0 Å². The SMILES string of the molecule is CC(=O)Nc1ccc(C(=O)N2CCN(c3nc(Nc4cc(C)[nH]n4)c4cccn4n3)CC2)cc1. The van der Waals surface area contributed by atoms with E-state index >= 15 is 0 Å². The minimum Gasteiger partial charge on any atom is -0.336 e. The van der Waals surface area contributed by atoms with E-state index in [0.29, 0.717) is 55.0 Å². The zero-order valence-corrected chi connectivity index (χ0v) is 18.9. The quantitative estimate of drug-likeness (QED) is 0.419. The molecule has 34 heavy (non-hydrogen) atoms. The van der Waals surface area contributed by atoms with E-state index in [1.165, 1.54) is 6.92 Å². The van der Waals surface area contributed by atoms with Crippen molar-refractivity contribution in [3.63, 3.8) is 0 Å². The Balaban J connectivity index is 1.28. The Morgan fingerprint density at radius 2 is 1.82 bits per heavy atom. The molecule has 0 bridgehead atoms. The van der Waals surface area contributed by atoms with Gasteiger partial charge in [0, 0.05) is 62.3 Å². The lowest BCUT2D eigenvalue weighted by molar-refractivity contribution is -0.114. The molecule has 5 rings (SSSR count). The molecule has 3 N–H and O–H groups in total. The Bertz CT molecular complexity index is 1330. The molecule has 0 aliphatic carbocycles. The molecule has 2 amide bonds. The Hall–Kier alpha value is -4.41. The van der Waals surface area contributed by atoms with E-state index in [0.717, 1.165) is 11.2 Å². The summed E-state index contributed by atoms with van der Waals surface area (Å²) in [5, 5.41) is 17.8. The Morgan fingerprint density at radius 3 is 2.50 bits per heavy atom. The topological polar surface area (TPSA) is 124 Å². The van der Waals surface area contributed by atoms with Gasteiger partial charge in [0.2, 0.25) is 11.9 Å². The maximum Gasteiger partial charge on any atom is 0.253 e. The molecule has 1 aromatic carbocycles. The number of aryl methyl sites for hydroxylation is 1. The highest BCUT2D eigenvalue weighted by Crippen LogP contribution is 2.23. The fraction of sp³-hybridized carbons (Fsp3) is 0.261. The molecule has 4 heterocycles. The van der Waals surface area contributed by atoms with Gasteiger partial charge in [-0.3, -0.25) is 14.7 Å². The predicted molar refractivity (Wildman–Crippen MR) is 128 cm³/mol. The number of nitrogens with zero attached hydrogens (tertiary/aromatic N) is 6. The molecule has 0 saturated carbocycles. The monoisotopic (exact) mass is 459 g/mol. The lowest BCUT2D eigenvalue weighted by Crippen LogP contribution is -2.49. The van der Waals surface area contributed by atoms with Crippen molar-refractivity contribution in [3.8, 4) is 0 Å². The van der Waals surface area contributed by atoms with Crippen molar-refractivity contribution < 1.29 is 9.59 Å². The van der Waals surface area contributed by atoms with Crippen LogP contribution in [0.4, 0.5) is 23.3 Å². The first-order valence-electron chi connectivity index (χ1n) is 11.0. The fourth-order valence-corrected chi connectivity index (χ4v) is 3.94. The Morgan fingerprint density at radius 1 is 1.06 bits per heavy atom. The third-order valence-corrected chi connectivity index (χ3v) is 5.63. The van der Waals surface area contributed by atoms with E-state index in [2.05, 4.69) is 30.8 Å². The summed E-state index contributed by atoms with van der Waals surface area (Å²) >= 11 is 0. The summed E-state index contributed by atoms with van der Waals surface area (Å²) in [6.07, 6.45) is 1.88. The van der Waals surface area contributed by atoms with Crippen molar-refractivity contribution in [2.45, 2.75) is 13.8 Å². The second-order valence-electron chi connectivity index (χ2n) is 8.20. The molecule has 174 valence electrons. The van der Waals surface area contributed by atoms with E-state index in [1.54, 1.807) is 28.8 Å². The molecule has 3 aromatic heterocycles. The molecule has 0 radical (unpaired) electrons. The summed E-state index contributed by atoms with van der Waals surface area (Å²) in [6.45, 7) is 5.73. The van der Waals surface area contributed by atoms with Crippen molar-refractivity contribution in [2.24, 2.45) is 0 Å². The van der Waals surface area contributed by atoms with Crippen LogP contribution in [0.5, 0.6) is 0 Å². The molecular weight excluding hydrogens is 434 g/mol. The Kier molecular flexibility index (Phi) is 5.58. The molecule has 0 spiro atoms. The molecule has 1 fully saturated rings. The number of aromatic amines is 1. The van der Waals surface area contributed by atoms with Gasteiger partial charge in [-0.25, -0.2) is 4.52 Å². The first kappa shape index (κ1) is 21.4. The number of hydrogen-bond donors (Lipinski definition) is 3. The lowest BCUT2D eigenvalue weighted by Gasteiger charge is -2.34. The van der Waals surface area contributed by atoms with Crippen molar-refractivity contribution in [3.05, 3.63) is 59.9 Å². The number of piperazine rings is 1. The maximum atomic E-state index is 12.9. The molecule has 1 aliphatic rings. The summed E-state index contributed by atoms with van der Waals surface area (Å²) in [4.78, 5) is 32.8. The van der Waals surface area contributed by atoms with Crippen molar-refractivity contribution in [1.29, 1.82) is 0 Å². The van der Waals surface area contributed by atoms with Crippen LogP contribution < -0.4 is 15.5 Å². The molecule has 11 heteroatoms. The van der Waals surface area contributed by atoms with E-state index in [-0.39, 0.29) is 11.8 Å². The van der Waals surface area contributed by atoms with Crippen LogP contribution in [0.3, 0.4) is 0 Å². The van der Waals surface area contributed by atoms with Gasteiger partial charge in [0.1, 0.15) is 5.52 Å². The first-order valence-corrected chi connectivity index (χ1v) is 11.0. The van der Waals surface area contributed by atoms with Gasteiger partial charge in [-0.2, -0.15) is 10.1 Å². The molecule has 0 atom stereocenters. The zero-order chi connectivity index (χ0) is 23.7. The van der Waals surface area contributed by atoms with Crippen LogP contribution in [0.15, 0.2) is 48.7 Å². The van der Waals surface area contributed by atoms with Gasteiger partial charge in [-0.15, -0.1) is 5.10 Å². The summed E-state index contributed by atoms with van der Waals surface area (Å²) < 4.78 is 1.79. The number of aromatic nitrogens is 5. The lowest BCUT2D eigenvalue weighted by atomic mass is 10.1. The molecular formula is C23H25N9O2. The summed E-state index contributed by atoms with van der Waals surface area (Å²) in [7, 11) is 0. The van der Waals surface area contributed by atoms with Gasteiger partial charge in [0.25, 0.3) is 5.91 Å². The number of carbonyl (C=O) groups is 2. The Labute approximate surface area is 195 Å². The standard InChI is InChI=1S/C23H25N9O2/c1-15-14-20(28-27-15)25-21-19-4-3-9-32(19)29-23(26-21)31-12-10-30(11-13-31)22(34)17-5-7-18(8-6-17)24-16(2)33/h3-9,14H,10-13H2,1-2H3,(H,24,33)(H2,25,26,27,28,29). The van der Waals surface area contributed by atoms with Crippen LogP contribution >= 0.6 is 0 Å². The van der Waals surface area contributed by atoms with Crippen LogP contribution in [-0.4, -0.2) is 67.7 Å². The van der Waals surface area contributed by atoms with E-state index in [9.17, 15) is 9.59 Å². The molecule has 0 unspecified atom stereocenters. The van der Waals surface area contributed by atoms with E-state index in [1.807, 2.05) is 36.2 Å². The average molecular weight is 460 g/mol. The molecule has 1 saturated heterocycles. The van der Waals surface area contributed by atoms with Crippen molar-refractivity contribution in [2.75, 3.05) is 41.7 Å². The summed E-state index contributed by atoms with van der Waals surface area (Å²) in [5.41, 5.74) is 3.06. The maximum absolute atomic E-state index is 12.9. The smallest absolute Gasteiger partial charge is 0.253 e. The number of nitrogens with one attached hydrogen (secondary N) is 3. The number of benzene rings is 1. The van der Waals surface area contributed by atoms with Gasteiger partial charge in [-0.1, -0.05) is 0 Å².